The first-order valence-corrected chi connectivity index (χ1v) is 5.70. The maximum atomic E-state index is 12.0. The lowest BCUT2D eigenvalue weighted by atomic mass is 9.93. The van der Waals surface area contributed by atoms with Gasteiger partial charge in [0.05, 0.1) is 6.61 Å². The summed E-state index contributed by atoms with van der Waals surface area (Å²) in [4.78, 5) is 14.0. The first-order valence-electron chi connectivity index (χ1n) is 5.70. The molecule has 2 fully saturated rings. The molecule has 94 valence electrons. The molecule has 0 bridgehead atoms. The summed E-state index contributed by atoms with van der Waals surface area (Å²) in [5.41, 5.74) is 0.276. The van der Waals surface area contributed by atoms with Crippen LogP contribution in [0.25, 0.3) is 0 Å². The van der Waals surface area contributed by atoms with E-state index in [9.17, 15) is 4.79 Å². The molecule has 0 radical (unpaired) electrons. The van der Waals surface area contributed by atoms with Crippen LogP contribution in [0.4, 0.5) is 0 Å². The van der Waals surface area contributed by atoms with Gasteiger partial charge in [-0.1, -0.05) is 13.8 Å². The molecule has 2 aliphatic rings. The number of carbonyl (C=O) groups excluding carboxylic acids is 1. The maximum Gasteiger partial charge on any atom is 0.253 e. The van der Waals surface area contributed by atoms with E-state index in [0.717, 1.165) is 26.1 Å². The number of ether oxygens (including phenoxy) is 1. The summed E-state index contributed by atoms with van der Waals surface area (Å²) in [5.74, 6) is 0.160. The molecule has 0 aromatic carbocycles. The quantitative estimate of drug-likeness (QED) is 0.741. The van der Waals surface area contributed by atoms with Crippen molar-refractivity contribution in [1.29, 1.82) is 0 Å². The molecular formula is C11H21ClN2O2. The normalized spacial score (nSPS) is 28.6. The number of rotatable bonds is 1. The zero-order chi connectivity index (χ0) is 10.9. The van der Waals surface area contributed by atoms with Crippen molar-refractivity contribution in [3.63, 3.8) is 0 Å². The molecule has 0 aromatic rings. The van der Waals surface area contributed by atoms with Crippen molar-refractivity contribution < 1.29 is 9.53 Å². The highest BCUT2D eigenvalue weighted by molar-refractivity contribution is 5.85. The summed E-state index contributed by atoms with van der Waals surface area (Å²) in [6, 6.07) is 0. The molecule has 2 saturated heterocycles. The van der Waals surface area contributed by atoms with Crippen molar-refractivity contribution in [2.75, 3.05) is 32.8 Å². The number of carbonyl (C=O) groups is 1. The predicted octanol–water partition coefficient (Wildman–Crippen LogP) is 0.655. The van der Waals surface area contributed by atoms with Crippen LogP contribution in [0.2, 0.25) is 0 Å². The molecule has 5 heteroatoms. The number of nitrogens with zero attached hydrogens (tertiary/aromatic N) is 1. The lowest BCUT2D eigenvalue weighted by Gasteiger charge is -2.28. The number of hydrogen-bond acceptors (Lipinski definition) is 3. The fourth-order valence-corrected chi connectivity index (χ4v) is 2.23. The molecule has 16 heavy (non-hydrogen) atoms. The Balaban J connectivity index is 0.00000128. The van der Waals surface area contributed by atoms with E-state index in [0.29, 0.717) is 13.2 Å². The van der Waals surface area contributed by atoms with Crippen LogP contribution in [-0.4, -0.2) is 49.7 Å². The number of likely N-dealkylation sites (tertiary alicyclic amines) is 1. The lowest BCUT2D eigenvalue weighted by Crippen LogP contribution is -2.49. The zero-order valence-electron chi connectivity index (χ0n) is 9.99. The highest BCUT2D eigenvalue weighted by Gasteiger charge is 2.35. The molecule has 2 heterocycles. The molecule has 1 N–H and O–H groups in total. The molecule has 0 saturated carbocycles. The first kappa shape index (κ1) is 13.7. The maximum absolute atomic E-state index is 12.0. The molecule has 0 spiro atoms. The second-order valence-corrected chi connectivity index (χ2v) is 5.24. The third-order valence-electron chi connectivity index (χ3n) is 3.19. The Morgan fingerprint density at radius 2 is 2.25 bits per heavy atom. The number of amides is 1. The summed E-state index contributed by atoms with van der Waals surface area (Å²) in [6.45, 7) is 8.33. The molecule has 2 rings (SSSR count). The number of morpholine rings is 1. The van der Waals surface area contributed by atoms with Crippen LogP contribution < -0.4 is 5.32 Å². The molecule has 2 aliphatic heterocycles. The Hall–Kier alpha value is -0.320. The highest BCUT2D eigenvalue weighted by atomic mass is 35.5. The third-order valence-corrected chi connectivity index (χ3v) is 3.19. The van der Waals surface area contributed by atoms with E-state index >= 15 is 0 Å². The third kappa shape index (κ3) is 3.09. The van der Waals surface area contributed by atoms with E-state index in [4.69, 9.17) is 4.74 Å². The van der Waals surface area contributed by atoms with Crippen molar-refractivity contribution >= 4 is 18.3 Å². The van der Waals surface area contributed by atoms with Crippen molar-refractivity contribution in [2.24, 2.45) is 5.41 Å². The van der Waals surface area contributed by atoms with Gasteiger partial charge in [-0.2, -0.15) is 0 Å². The van der Waals surface area contributed by atoms with Crippen LogP contribution >= 0.6 is 12.4 Å². The van der Waals surface area contributed by atoms with Gasteiger partial charge < -0.3 is 15.0 Å². The number of halogens is 1. The van der Waals surface area contributed by atoms with Crippen LogP contribution in [0.3, 0.4) is 0 Å². The Morgan fingerprint density at radius 3 is 2.75 bits per heavy atom. The summed E-state index contributed by atoms with van der Waals surface area (Å²) >= 11 is 0. The molecule has 1 unspecified atom stereocenters. The largest absolute Gasteiger partial charge is 0.366 e. The summed E-state index contributed by atoms with van der Waals surface area (Å²) in [5, 5.41) is 3.19. The zero-order valence-corrected chi connectivity index (χ0v) is 10.8. The number of nitrogens with one attached hydrogen (secondary N) is 1. The minimum atomic E-state index is -0.257. The smallest absolute Gasteiger partial charge is 0.253 e. The highest BCUT2D eigenvalue weighted by Crippen LogP contribution is 2.29. The van der Waals surface area contributed by atoms with Crippen molar-refractivity contribution in [3.05, 3.63) is 0 Å². The first-order chi connectivity index (χ1) is 7.08. The van der Waals surface area contributed by atoms with Crippen molar-refractivity contribution in [1.82, 2.24) is 10.2 Å². The average Bonchev–Trinajstić information content (AvgIpc) is 2.59. The molecule has 0 aromatic heterocycles. The van der Waals surface area contributed by atoms with Gasteiger partial charge in [-0.05, 0) is 11.8 Å². The van der Waals surface area contributed by atoms with Crippen LogP contribution in [0, 0.1) is 5.41 Å². The van der Waals surface area contributed by atoms with Gasteiger partial charge in [-0.25, -0.2) is 0 Å². The summed E-state index contributed by atoms with van der Waals surface area (Å²) in [6.07, 6.45) is 0.839. The van der Waals surface area contributed by atoms with Crippen LogP contribution in [0.15, 0.2) is 0 Å². The van der Waals surface area contributed by atoms with Gasteiger partial charge in [0.25, 0.3) is 5.91 Å². The van der Waals surface area contributed by atoms with Crippen LogP contribution in [-0.2, 0) is 9.53 Å². The van der Waals surface area contributed by atoms with Crippen LogP contribution in [0.5, 0.6) is 0 Å². The minimum absolute atomic E-state index is 0. The molecule has 0 aliphatic carbocycles. The van der Waals surface area contributed by atoms with Crippen LogP contribution in [0.1, 0.15) is 20.3 Å². The van der Waals surface area contributed by atoms with Gasteiger partial charge in [0.2, 0.25) is 0 Å². The fourth-order valence-electron chi connectivity index (χ4n) is 2.23. The Kier molecular flexibility index (Phi) is 4.59. The predicted molar refractivity (Wildman–Crippen MR) is 64.8 cm³/mol. The van der Waals surface area contributed by atoms with Gasteiger partial charge >= 0.3 is 0 Å². The monoisotopic (exact) mass is 248 g/mol. The van der Waals surface area contributed by atoms with E-state index in [-0.39, 0.29) is 29.8 Å². The van der Waals surface area contributed by atoms with E-state index in [2.05, 4.69) is 19.2 Å². The second-order valence-electron chi connectivity index (χ2n) is 5.24. The standard InChI is InChI=1S/C11H20N2O2.ClH/c1-11(2)3-5-13(8-11)10(14)9-7-12-4-6-15-9;/h9,12H,3-8H2,1-2H3;1H. The van der Waals surface area contributed by atoms with E-state index in [1.807, 2.05) is 4.90 Å². The summed E-state index contributed by atoms with van der Waals surface area (Å²) in [7, 11) is 0. The SMILES string of the molecule is CC1(C)CCN(C(=O)C2CNCCO2)C1.Cl. The molecule has 4 nitrogen and oxygen atoms in total. The number of hydrogen-bond donors (Lipinski definition) is 1. The topological polar surface area (TPSA) is 41.6 Å². The molecule has 1 atom stereocenters. The Morgan fingerprint density at radius 1 is 1.50 bits per heavy atom. The fraction of sp³-hybridized carbons (Fsp3) is 0.909. The Bertz CT molecular complexity index is 252. The average molecular weight is 249 g/mol. The van der Waals surface area contributed by atoms with Gasteiger partial charge in [0, 0.05) is 26.2 Å². The Labute approximate surface area is 103 Å². The van der Waals surface area contributed by atoms with Crippen molar-refractivity contribution in [3.8, 4) is 0 Å². The summed E-state index contributed by atoms with van der Waals surface area (Å²) < 4.78 is 5.47. The minimum Gasteiger partial charge on any atom is -0.366 e. The van der Waals surface area contributed by atoms with E-state index < -0.39 is 0 Å². The lowest BCUT2D eigenvalue weighted by molar-refractivity contribution is -0.144. The van der Waals surface area contributed by atoms with E-state index in [1.54, 1.807) is 0 Å². The van der Waals surface area contributed by atoms with Gasteiger partial charge in [-0.3, -0.25) is 4.79 Å². The molecular weight excluding hydrogens is 228 g/mol. The molecule has 1 amide bonds. The van der Waals surface area contributed by atoms with Gasteiger partial charge in [-0.15, -0.1) is 12.4 Å². The van der Waals surface area contributed by atoms with E-state index in [1.165, 1.54) is 0 Å². The van der Waals surface area contributed by atoms with Gasteiger partial charge in [0.1, 0.15) is 6.10 Å². The van der Waals surface area contributed by atoms with Crippen molar-refractivity contribution in [2.45, 2.75) is 26.4 Å². The second kappa shape index (κ2) is 5.34. The van der Waals surface area contributed by atoms with Gasteiger partial charge in [0.15, 0.2) is 0 Å².